The minimum absolute atomic E-state index is 0.184. The van der Waals surface area contributed by atoms with E-state index in [4.69, 9.17) is 11.6 Å². The Kier molecular flexibility index (Phi) is 6.08. The standard InChI is InChI=1S/C14H20BrClN2O2S/c1-2-17-10-11-5-7-18(8-6-11)21(19,20)14-9-12(15)3-4-13(14)16/h3-4,9,11,17H,2,5-8,10H2,1H3. The molecule has 1 fully saturated rings. The van der Waals surface area contributed by atoms with Gasteiger partial charge in [-0.3, -0.25) is 0 Å². The van der Waals surface area contributed by atoms with E-state index < -0.39 is 10.0 Å². The van der Waals surface area contributed by atoms with Crippen molar-refractivity contribution in [3.05, 3.63) is 27.7 Å². The number of hydrogen-bond donors (Lipinski definition) is 1. The van der Waals surface area contributed by atoms with Crippen molar-refractivity contribution >= 4 is 37.6 Å². The van der Waals surface area contributed by atoms with Gasteiger partial charge in [0.2, 0.25) is 10.0 Å². The normalized spacial score (nSPS) is 18.0. The average molecular weight is 396 g/mol. The Morgan fingerprint density at radius 3 is 2.67 bits per heavy atom. The molecule has 0 atom stereocenters. The number of halogens is 2. The Hall–Kier alpha value is -0.140. The fourth-order valence-corrected chi connectivity index (χ4v) is 5.00. The van der Waals surface area contributed by atoms with Crippen LogP contribution in [-0.4, -0.2) is 38.9 Å². The van der Waals surface area contributed by atoms with Gasteiger partial charge in [-0.1, -0.05) is 34.5 Å². The minimum Gasteiger partial charge on any atom is -0.317 e. The highest BCUT2D eigenvalue weighted by molar-refractivity contribution is 9.10. The predicted molar refractivity (Wildman–Crippen MR) is 89.2 cm³/mol. The smallest absolute Gasteiger partial charge is 0.244 e. The molecule has 21 heavy (non-hydrogen) atoms. The van der Waals surface area contributed by atoms with Gasteiger partial charge in [0.1, 0.15) is 4.90 Å². The number of sulfonamides is 1. The van der Waals surface area contributed by atoms with Crippen LogP contribution in [0.2, 0.25) is 5.02 Å². The number of nitrogens with one attached hydrogen (secondary N) is 1. The zero-order valence-corrected chi connectivity index (χ0v) is 15.1. The Morgan fingerprint density at radius 1 is 1.38 bits per heavy atom. The molecule has 1 saturated heterocycles. The summed E-state index contributed by atoms with van der Waals surface area (Å²) in [5, 5.41) is 3.60. The van der Waals surface area contributed by atoms with Gasteiger partial charge in [-0.2, -0.15) is 4.31 Å². The van der Waals surface area contributed by atoms with E-state index in [-0.39, 0.29) is 9.92 Å². The summed E-state index contributed by atoms with van der Waals surface area (Å²) < 4.78 is 27.6. The molecule has 1 aromatic carbocycles. The van der Waals surface area contributed by atoms with Crippen LogP contribution in [0.1, 0.15) is 19.8 Å². The summed E-state index contributed by atoms with van der Waals surface area (Å²) in [6.07, 6.45) is 1.77. The van der Waals surface area contributed by atoms with E-state index in [1.807, 2.05) is 0 Å². The van der Waals surface area contributed by atoms with Crippen molar-refractivity contribution in [2.24, 2.45) is 5.92 Å². The molecule has 4 nitrogen and oxygen atoms in total. The maximum Gasteiger partial charge on any atom is 0.244 e. The van der Waals surface area contributed by atoms with Crippen molar-refractivity contribution < 1.29 is 8.42 Å². The summed E-state index contributed by atoms with van der Waals surface area (Å²) >= 11 is 9.36. The third-order valence-corrected chi connectivity index (χ3v) is 6.64. The van der Waals surface area contributed by atoms with Gasteiger partial charge in [0, 0.05) is 17.6 Å². The van der Waals surface area contributed by atoms with Crippen LogP contribution in [-0.2, 0) is 10.0 Å². The molecule has 0 unspecified atom stereocenters. The zero-order chi connectivity index (χ0) is 15.5. The highest BCUT2D eigenvalue weighted by atomic mass is 79.9. The van der Waals surface area contributed by atoms with Crippen LogP contribution in [0.3, 0.4) is 0 Å². The van der Waals surface area contributed by atoms with Crippen LogP contribution in [0.4, 0.5) is 0 Å². The summed E-state index contributed by atoms with van der Waals surface area (Å²) in [5.41, 5.74) is 0. The third kappa shape index (κ3) is 4.20. The first-order valence-corrected chi connectivity index (χ1v) is 9.72. The van der Waals surface area contributed by atoms with Crippen molar-refractivity contribution in [3.8, 4) is 0 Å². The molecule has 1 aromatic rings. The molecule has 2 rings (SSSR count). The third-order valence-electron chi connectivity index (χ3n) is 3.77. The van der Waals surface area contributed by atoms with E-state index in [9.17, 15) is 8.42 Å². The Labute approximate surface area is 140 Å². The number of benzene rings is 1. The van der Waals surface area contributed by atoms with Crippen molar-refractivity contribution in [2.45, 2.75) is 24.7 Å². The molecule has 0 radical (unpaired) electrons. The topological polar surface area (TPSA) is 49.4 Å². The van der Waals surface area contributed by atoms with E-state index in [0.717, 1.165) is 25.9 Å². The fraction of sp³-hybridized carbons (Fsp3) is 0.571. The lowest BCUT2D eigenvalue weighted by Crippen LogP contribution is -2.40. The van der Waals surface area contributed by atoms with Crippen molar-refractivity contribution in [1.82, 2.24) is 9.62 Å². The van der Waals surface area contributed by atoms with Gasteiger partial charge in [-0.25, -0.2) is 8.42 Å². The van der Waals surface area contributed by atoms with Gasteiger partial charge >= 0.3 is 0 Å². The summed E-state index contributed by atoms with van der Waals surface area (Å²) in [6.45, 7) is 5.10. The molecule has 0 aliphatic carbocycles. The summed E-state index contributed by atoms with van der Waals surface area (Å²) in [6, 6.07) is 4.92. The highest BCUT2D eigenvalue weighted by Crippen LogP contribution is 2.30. The summed E-state index contributed by atoms with van der Waals surface area (Å²) in [7, 11) is -3.51. The summed E-state index contributed by atoms with van der Waals surface area (Å²) in [4.78, 5) is 0.184. The molecule has 118 valence electrons. The van der Waals surface area contributed by atoms with Crippen LogP contribution in [0.5, 0.6) is 0 Å². The lowest BCUT2D eigenvalue weighted by Gasteiger charge is -2.31. The quantitative estimate of drug-likeness (QED) is 0.833. The Balaban J connectivity index is 2.10. The van der Waals surface area contributed by atoms with E-state index in [2.05, 4.69) is 28.2 Å². The van der Waals surface area contributed by atoms with Gasteiger partial charge in [0.05, 0.1) is 5.02 Å². The summed E-state index contributed by atoms with van der Waals surface area (Å²) in [5.74, 6) is 0.550. The Bertz CT molecular complexity index is 587. The predicted octanol–water partition coefficient (Wildman–Crippen LogP) is 3.11. The second kappa shape index (κ2) is 7.42. The van der Waals surface area contributed by atoms with Crippen molar-refractivity contribution in [3.63, 3.8) is 0 Å². The van der Waals surface area contributed by atoms with E-state index in [1.165, 1.54) is 0 Å². The van der Waals surface area contributed by atoms with E-state index in [1.54, 1.807) is 22.5 Å². The van der Waals surface area contributed by atoms with Crippen LogP contribution >= 0.6 is 27.5 Å². The minimum atomic E-state index is -3.51. The van der Waals surface area contributed by atoms with Gasteiger partial charge in [0.15, 0.2) is 0 Å². The largest absolute Gasteiger partial charge is 0.317 e. The second-order valence-electron chi connectivity index (χ2n) is 5.23. The molecule has 7 heteroatoms. The molecule has 1 N–H and O–H groups in total. The molecule has 0 saturated carbocycles. The molecular formula is C14H20BrClN2O2S. The van der Waals surface area contributed by atoms with Crippen LogP contribution < -0.4 is 5.32 Å². The SMILES string of the molecule is CCNCC1CCN(S(=O)(=O)c2cc(Br)ccc2Cl)CC1. The lowest BCUT2D eigenvalue weighted by molar-refractivity contribution is 0.268. The molecule has 1 aliphatic heterocycles. The first-order valence-electron chi connectivity index (χ1n) is 7.11. The van der Waals surface area contributed by atoms with Gasteiger partial charge < -0.3 is 5.32 Å². The molecule has 0 spiro atoms. The maximum absolute atomic E-state index is 12.7. The van der Waals surface area contributed by atoms with Crippen LogP contribution in [0, 0.1) is 5.92 Å². The molecule has 0 bridgehead atoms. The Morgan fingerprint density at radius 2 is 2.05 bits per heavy atom. The first kappa shape index (κ1) is 17.2. The fourth-order valence-electron chi connectivity index (χ4n) is 2.52. The second-order valence-corrected chi connectivity index (χ2v) is 8.46. The monoisotopic (exact) mass is 394 g/mol. The van der Waals surface area contributed by atoms with Crippen LogP contribution in [0.15, 0.2) is 27.6 Å². The van der Waals surface area contributed by atoms with Crippen molar-refractivity contribution in [1.29, 1.82) is 0 Å². The van der Waals surface area contributed by atoms with Gasteiger partial charge in [-0.05, 0) is 50.0 Å². The molecule has 1 aliphatic rings. The van der Waals surface area contributed by atoms with Crippen molar-refractivity contribution in [2.75, 3.05) is 26.2 Å². The highest BCUT2D eigenvalue weighted by Gasteiger charge is 2.30. The number of hydrogen-bond acceptors (Lipinski definition) is 3. The lowest BCUT2D eigenvalue weighted by atomic mass is 9.98. The molecular weight excluding hydrogens is 376 g/mol. The van der Waals surface area contributed by atoms with Gasteiger partial charge in [-0.15, -0.1) is 0 Å². The molecule has 0 amide bonds. The van der Waals surface area contributed by atoms with Crippen LogP contribution in [0.25, 0.3) is 0 Å². The average Bonchev–Trinajstić information content (AvgIpc) is 2.48. The number of piperidine rings is 1. The first-order chi connectivity index (χ1) is 9.95. The number of nitrogens with zero attached hydrogens (tertiary/aromatic N) is 1. The van der Waals surface area contributed by atoms with E-state index >= 15 is 0 Å². The zero-order valence-electron chi connectivity index (χ0n) is 12.0. The van der Waals surface area contributed by atoms with Gasteiger partial charge in [0.25, 0.3) is 0 Å². The maximum atomic E-state index is 12.7. The molecule has 0 aromatic heterocycles. The molecule has 1 heterocycles. The number of rotatable bonds is 5. The van der Waals surface area contributed by atoms with E-state index in [0.29, 0.717) is 23.5 Å².